The molecule has 0 bridgehead atoms. The largest absolute Gasteiger partial charge is 0.353 e. The van der Waals surface area contributed by atoms with Crippen molar-refractivity contribution in [1.82, 2.24) is 20.4 Å². The Morgan fingerprint density at radius 2 is 1.59 bits per heavy atom. The molecule has 2 aromatic carbocycles. The van der Waals surface area contributed by atoms with Crippen molar-refractivity contribution in [2.45, 2.75) is 26.7 Å². The van der Waals surface area contributed by atoms with Gasteiger partial charge in [0, 0.05) is 45.2 Å². The number of piperazine rings is 1. The molecule has 8 heteroatoms. The van der Waals surface area contributed by atoms with Crippen molar-refractivity contribution >= 4 is 34.4 Å². The summed E-state index contributed by atoms with van der Waals surface area (Å²) >= 11 is 0. The molecule has 2 N–H and O–H groups in total. The summed E-state index contributed by atoms with van der Waals surface area (Å²) in [4.78, 5) is 49.7. The molecule has 0 atom stereocenters. The molecule has 0 aromatic heterocycles. The summed E-state index contributed by atoms with van der Waals surface area (Å²) in [6, 6.07) is 13.6. The van der Waals surface area contributed by atoms with Crippen LogP contribution in [-0.4, -0.2) is 72.7 Å². The number of carbonyl (C=O) groups is 4. The van der Waals surface area contributed by atoms with Crippen molar-refractivity contribution in [2.24, 2.45) is 0 Å². The van der Waals surface area contributed by atoms with Crippen molar-refractivity contribution in [3.63, 3.8) is 0 Å². The second kappa shape index (κ2) is 13.8. The Morgan fingerprint density at radius 1 is 0.941 bits per heavy atom. The van der Waals surface area contributed by atoms with Gasteiger partial charge in [-0.05, 0) is 29.3 Å². The van der Waals surface area contributed by atoms with Crippen LogP contribution in [0.5, 0.6) is 0 Å². The van der Waals surface area contributed by atoms with Crippen molar-refractivity contribution < 1.29 is 19.2 Å². The van der Waals surface area contributed by atoms with Crippen LogP contribution < -0.4 is 10.6 Å². The first-order chi connectivity index (χ1) is 16.4. The summed E-state index contributed by atoms with van der Waals surface area (Å²) < 4.78 is 0. The van der Waals surface area contributed by atoms with E-state index in [-0.39, 0.29) is 30.2 Å². The zero-order valence-electron chi connectivity index (χ0n) is 20.0. The third-order valence-corrected chi connectivity index (χ3v) is 5.44. The van der Waals surface area contributed by atoms with Gasteiger partial charge in [-0.15, -0.1) is 0 Å². The van der Waals surface area contributed by atoms with Crippen LogP contribution in [0.4, 0.5) is 0 Å². The van der Waals surface area contributed by atoms with E-state index in [1.165, 1.54) is 13.0 Å². The first kappa shape index (κ1) is 26.6. The Balaban J connectivity index is 0.000000387. The third-order valence-electron chi connectivity index (χ3n) is 5.44. The van der Waals surface area contributed by atoms with Crippen molar-refractivity contribution in [3.8, 4) is 0 Å². The molecule has 3 rings (SSSR count). The number of amides is 4. The van der Waals surface area contributed by atoms with Crippen LogP contribution in [0.2, 0.25) is 0 Å². The first-order valence-corrected chi connectivity index (χ1v) is 11.6. The SMILES string of the molecule is C=CC(=O)NCCCC.CC(=O)NCC(=O)N1CCN(C(=O)c2cccc3ccccc23)CC1. The minimum Gasteiger partial charge on any atom is -0.353 e. The molecular weight excluding hydrogens is 432 g/mol. The van der Waals surface area contributed by atoms with E-state index in [1.807, 2.05) is 42.5 Å². The molecule has 1 fully saturated rings. The van der Waals surface area contributed by atoms with Crippen molar-refractivity contribution in [2.75, 3.05) is 39.3 Å². The molecule has 4 amide bonds. The van der Waals surface area contributed by atoms with Crippen molar-refractivity contribution in [3.05, 3.63) is 60.7 Å². The van der Waals surface area contributed by atoms with Crippen LogP contribution in [0.3, 0.4) is 0 Å². The minimum atomic E-state index is -0.224. The molecule has 0 radical (unpaired) electrons. The lowest BCUT2D eigenvalue weighted by Crippen LogP contribution is -2.52. The van der Waals surface area contributed by atoms with E-state index < -0.39 is 0 Å². The maximum atomic E-state index is 12.9. The van der Waals surface area contributed by atoms with Crippen LogP contribution in [0.25, 0.3) is 10.8 Å². The maximum Gasteiger partial charge on any atom is 0.254 e. The summed E-state index contributed by atoms with van der Waals surface area (Å²) in [6.45, 7) is 9.52. The van der Waals surface area contributed by atoms with Gasteiger partial charge in [0.15, 0.2) is 0 Å². The molecule has 182 valence electrons. The Morgan fingerprint density at radius 3 is 2.24 bits per heavy atom. The second-order valence-electron chi connectivity index (χ2n) is 7.96. The highest BCUT2D eigenvalue weighted by atomic mass is 16.2. The van der Waals surface area contributed by atoms with E-state index in [0.29, 0.717) is 31.7 Å². The fraction of sp³-hybridized carbons (Fsp3) is 0.385. The predicted octanol–water partition coefficient (Wildman–Crippen LogP) is 2.35. The fourth-order valence-corrected chi connectivity index (χ4v) is 3.51. The zero-order valence-corrected chi connectivity index (χ0v) is 20.0. The summed E-state index contributed by atoms with van der Waals surface area (Å²) in [6.07, 6.45) is 3.44. The Labute approximate surface area is 201 Å². The zero-order chi connectivity index (χ0) is 24.9. The summed E-state index contributed by atoms with van der Waals surface area (Å²) in [5, 5.41) is 7.17. The van der Waals surface area contributed by atoms with Gasteiger partial charge in [0.2, 0.25) is 17.7 Å². The molecule has 1 aliphatic heterocycles. The van der Waals surface area contributed by atoms with Gasteiger partial charge in [0.05, 0.1) is 6.54 Å². The Bertz CT molecular complexity index is 1010. The minimum absolute atomic E-state index is 0.00655. The number of nitrogens with one attached hydrogen (secondary N) is 2. The molecule has 0 saturated carbocycles. The standard InChI is InChI=1S/C19H21N3O3.C7H13NO/c1-14(23)20-13-18(24)21-9-11-22(12-10-21)19(25)17-8-4-6-15-5-2-3-7-16(15)17;1-3-5-6-8-7(9)4-2/h2-8H,9-13H2,1H3,(H,20,23);4H,2-3,5-6H2,1H3,(H,8,9). The van der Waals surface area contributed by atoms with Gasteiger partial charge in [-0.25, -0.2) is 0 Å². The number of fused-ring (bicyclic) bond motifs is 1. The Kier molecular flexibility index (Phi) is 10.8. The van der Waals surface area contributed by atoms with Crippen LogP contribution >= 0.6 is 0 Å². The number of hydrogen-bond donors (Lipinski definition) is 2. The van der Waals surface area contributed by atoms with Gasteiger partial charge in [-0.2, -0.15) is 0 Å². The topological polar surface area (TPSA) is 98.8 Å². The third kappa shape index (κ3) is 8.03. The van der Waals surface area contributed by atoms with E-state index in [1.54, 1.807) is 9.80 Å². The molecule has 0 spiro atoms. The maximum absolute atomic E-state index is 12.9. The van der Waals surface area contributed by atoms with Gasteiger partial charge in [0.1, 0.15) is 0 Å². The lowest BCUT2D eigenvalue weighted by atomic mass is 10.0. The van der Waals surface area contributed by atoms with Gasteiger partial charge in [-0.3, -0.25) is 19.2 Å². The highest BCUT2D eigenvalue weighted by Crippen LogP contribution is 2.20. The smallest absolute Gasteiger partial charge is 0.254 e. The molecule has 0 unspecified atom stereocenters. The van der Waals surface area contributed by atoms with Crippen molar-refractivity contribution in [1.29, 1.82) is 0 Å². The number of carbonyl (C=O) groups excluding carboxylic acids is 4. The summed E-state index contributed by atoms with van der Waals surface area (Å²) in [5.41, 5.74) is 0.691. The molecule has 8 nitrogen and oxygen atoms in total. The molecule has 34 heavy (non-hydrogen) atoms. The van der Waals surface area contributed by atoms with Gasteiger partial charge in [-0.1, -0.05) is 56.3 Å². The fourth-order valence-electron chi connectivity index (χ4n) is 3.51. The monoisotopic (exact) mass is 466 g/mol. The highest BCUT2D eigenvalue weighted by Gasteiger charge is 2.25. The molecule has 0 aliphatic carbocycles. The number of unbranched alkanes of at least 4 members (excludes halogenated alkanes) is 1. The predicted molar refractivity (Wildman–Crippen MR) is 133 cm³/mol. The van der Waals surface area contributed by atoms with E-state index >= 15 is 0 Å². The first-order valence-electron chi connectivity index (χ1n) is 11.6. The van der Waals surface area contributed by atoms with Crippen LogP contribution in [-0.2, 0) is 14.4 Å². The summed E-state index contributed by atoms with van der Waals surface area (Å²) in [7, 11) is 0. The van der Waals surface area contributed by atoms with E-state index in [4.69, 9.17) is 0 Å². The molecule has 1 saturated heterocycles. The number of rotatable bonds is 7. The average molecular weight is 467 g/mol. The van der Waals surface area contributed by atoms with Crippen LogP contribution in [0.1, 0.15) is 37.0 Å². The second-order valence-corrected chi connectivity index (χ2v) is 7.96. The number of hydrogen-bond acceptors (Lipinski definition) is 4. The van der Waals surface area contributed by atoms with E-state index in [0.717, 1.165) is 30.2 Å². The molecular formula is C26H34N4O4. The number of benzene rings is 2. The van der Waals surface area contributed by atoms with E-state index in [2.05, 4.69) is 24.1 Å². The Hall–Kier alpha value is -3.68. The van der Waals surface area contributed by atoms with E-state index in [9.17, 15) is 19.2 Å². The van der Waals surface area contributed by atoms with Crippen LogP contribution in [0.15, 0.2) is 55.1 Å². The molecule has 2 aromatic rings. The normalized spacial score (nSPS) is 12.9. The molecule has 1 aliphatic rings. The quantitative estimate of drug-likeness (QED) is 0.483. The lowest BCUT2D eigenvalue weighted by Gasteiger charge is -2.35. The number of nitrogens with zero attached hydrogens (tertiary/aromatic N) is 2. The van der Waals surface area contributed by atoms with Crippen LogP contribution in [0, 0.1) is 0 Å². The lowest BCUT2D eigenvalue weighted by molar-refractivity contribution is -0.133. The highest BCUT2D eigenvalue weighted by molar-refractivity contribution is 6.07. The molecule has 1 heterocycles. The summed E-state index contributed by atoms with van der Waals surface area (Å²) in [5.74, 6) is -0.431. The van der Waals surface area contributed by atoms with Gasteiger partial charge < -0.3 is 20.4 Å². The van der Waals surface area contributed by atoms with Gasteiger partial charge >= 0.3 is 0 Å². The van der Waals surface area contributed by atoms with Gasteiger partial charge in [0.25, 0.3) is 5.91 Å². The average Bonchev–Trinajstić information content (AvgIpc) is 2.87.